The second-order valence-corrected chi connectivity index (χ2v) is 4.74. The molecule has 0 saturated heterocycles. The van der Waals surface area contributed by atoms with E-state index in [2.05, 4.69) is 0 Å². The first kappa shape index (κ1) is 11.6. The molecule has 6 nitrogen and oxygen atoms in total. The number of nitro groups is 2. The van der Waals surface area contributed by atoms with Crippen molar-refractivity contribution in [2.45, 2.75) is 12.3 Å². The molecule has 19 heavy (non-hydrogen) atoms. The highest BCUT2D eigenvalue weighted by Crippen LogP contribution is 2.43. The van der Waals surface area contributed by atoms with Crippen LogP contribution in [0, 0.1) is 26.1 Å². The molecule has 0 saturated carbocycles. The fourth-order valence-corrected chi connectivity index (χ4v) is 2.83. The van der Waals surface area contributed by atoms with Gasteiger partial charge in [0.25, 0.3) is 11.4 Å². The van der Waals surface area contributed by atoms with E-state index in [1.807, 2.05) is 6.08 Å². The number of fused-ring (bicyclic) bond motifs is 3. The number of nitrogens with zero attached hydrogens (tertiary/aromatic N) is 2. The highest BCUT2D eigenvalue weighted by Gasteiger charge is 2.34. The van der Waals surface area contributed by atoms with Crippen molar-refractivity contribution < 1.29 is 9.85 Å². The fraction of sp³-hybridized carbons (Fsp3) is 0.231. The van der Waals surface area contributed by atoms with Crippen LogP contribution in [0.5, 0.6) is 0 Å². The fourth-order valence-electron chi connectivity index (χ4n) is 2.83. The second-order valence-electron chi connectivity index (χ2n) is 4.74. The highest BCUT2D eigenvalue weighted by atomic mass is 16.6. The van der Waals surface area contributed by atoms with Gasteiger partial charge in [-0.3, -0.25) is 20.2 Å². The molecule has 0 aliphatic heterocycles. The molecule has 1 aromatic carbocycles. The molecular formula is C13H10N2O4. The summed E-state index contributed by atoms with van der Waals surface area (Å²) in [6.45, 7) is 0. The summed E-state index contributed by atoms with van der Waals surface area (Å²) in [5, 5.41) is 21.5. The van der Waals surface area contributed by atoms with Crippen LogP contribution in [0.15, 0.2) is 42.1 Å². The first-order chi connectivity index (χ1) is 9.06. The van der Waals surface area contributed by atoms with Crippen LogP contribution in [-0.2, 0) is 6.42 Å². The van der Waals surface area contributed by atoms with Gasteiger partial charge in [-0.05, 0) is 29.5 Å². The summed E-state index contributed by atoms with van der Waals surface area (Å²) in [6, 6.07) is 4.82. The Morgan fingerprint density at radius 3 is 2.63 bits per heavy atom. The van der Waals surface area contributed by atoms with Gasteiger partial charge in [0, 0.05) is 24.1 Å². The molecule has 0 radical (unpaired) electrons. The monoisotopic (exact) mass is 258 g/mol. The molecule has 0 aromatic heterocycles. The van der Waals surface area contributed by atoms with Gasteiger partial charge in [0.15, 0.2) is 0 Å². The van der Waals surface area contributed by atoms with E-state index < -0.39 is 9.85 Å². The number of benzene rings is 1. The number of rotatable bonds is 2. The maximum absolute atomic E-state index is 10.8. The molecule has 2 aliphatic carbocycles. The topological polar surface area (TPSA) is 86.3 Å². The zero-order valence-corrected chi connectivity index (χ0v) is 9.85. The Labute approximate surface area is 108 Å². The van der Waals surface area contributed by atoms with Crippen molar-refractivity contribution in [2.24, 2.45) is 5.92 Å². The highest BCUT2D eigenvalue weighted by molar-refractivity contribution is 5.49. The lowest BCUT2D eigenvalue weighted by Crippen LogP contribution is -2.10. The summed E-state index contributed by atoms with van der Waals surface area (Å²) in [5.74, 6) is 0.127. The maximum Gasteiger partial charge on any atom is 0.269 e. The Morgan fingerprint density at radius 2 is 1.95 bits per heavy atom. The quantitative estimate of drug-likeness (QED) is 0.602. The smallest absolute Gasteiger partial charge is 0.258 e. The molecule has 0 amide bonds. The molecule has 2 aliphatic rings. The van der Waals surface area contributed by atoms with Gasteiger partial charge in [-0.25, -0.2) is 0 Å². The molecule has 0 unspecified atom stereocenters. The molecule has 0 heterocycles. The third-order valence-electron chi connectivity index (χ3n) is 3.68. The molecule has 1 aromatic rings. The summed E-state index contributed by atoms with van der Waals surface area (Å²) in [7, 11) is 0. The van der Waals surface area contributed by atoms with E-state index in [4.69, 9.17) is 0 Å². The number of hydrogen-bond donors (Lipinski definition) is 0. The zero-order valence-electron chi connectivity index (χ0n) is 9.85. The van der Waals surface area contributed by atoms with E-state index in [-0.39, 0.29) is 23.2 Å². The van der Waals surface area contributed by atoms with E-state index in [0.717, 1.165) is 11.1 Å². The molecular weight excluding hydrogens is 248 g/mol. The van der Waals surface area contributed by atoms with Gasteiger partial charge in [-0.15, -0.1) is 0 Å². The molecule has 96 valence electrons. The first-order valence-corrected chi connectivity index (χ1v) is 5.88. The van der Waals surface area contributed by atoms with Crippen molar-refractivity contribution in [3.63, 3.8) is 0 Å². The third kappa shape index (κ3) is 1.81. The Kier molecular flexibility index (Phi) is 2.45. The van der Waals surface area contributed by atoms with Crippen LogP contribution >= 0.6 is 0 Å². The van der Waals surface area contributed by atoms with Crippen molar-refractivity contribution in [1.82, 2.24) is 0 Å². The SMILES string of the molecule is O=[N+]([O-])C1=C[C@@H]2Cc3cc([N+](=O)[O-])ccc3[C@H]2C=C1. The Bertz CT molecular complexity index is 648. The Morgan fingerprint density at radius 1 is 1.16 bits per heavy atom. The van der Waals surface area contributed by atoms with E-state index in [9.17, 15) is 20.2 Å². The lowest BCUT2D eigenvalue weighted by molar-refractivity contribution is -0.419. The largest absolute Gasteiger partial charge is 0.269 e. The van der Waals surface area contributed by atoms with Gasteiger partial charge in [-0.2, -0.15) is 0 Å². The van der Waals surface area contributed by atoms with Gasteiger partial charge in [0.1, 0.15) is 0 Å². The van der Waals surface area contributed by atoms with E-state index >= 15 is 0 Å². The maximum atomic E-state index is 10.8. The van der Waals surface area contributed by atoms with Gasteiger partial charge in [0.05, 0.1) is 9.85 Å². The van der Waals surface area contributed by atoms with Crippen LogP contribution in [0.4, 0.5) is 5.69 Å². The summed E-state index contributed by atoms with van der Waals surface area (Å²) >= 11 is 0. The van der Waals surface area contributed by atoms with Gasteiger partial charge in [-0.1, -0.05) is 12.1 Å². The molecule has 3 rings (SSSR count). The van der Waals surface area contributed by atoms with Crippen LogP contribution in [0.2, 0.25) is 0 Å². The lowest BCUT2D eigenvalue weighted by Gasteiger charge is -2.15. The van der Waals surface area contributed by atoms with Crippen molar-refractivity contribution in [3.8, 4) is 0 Å². The van der Waals surface area contributed by atoms with Crippen LogP contribution in [0.1, 0.15) is 17.0 Å². The van der Waals surface area contributed by atoms with Crippen LogP contribution in [0.3, 0.4) is 0 Å². The van der Waals surface area contributed by atoms with Crippen LogP contribution in [0.25, 0.3) is 0 Å². The average molecular weight is 258 g/mol. The predicted octanol–water partition coefficient (Wildman–Crippen LogP) is 2.58. The van der Waals surface area contributed by atoms with Crippen LogP contribution in [-0.4, -0.2) is 9.85 Å². The normalized spacial score (nSPS) is 23.5. The molecule has 0 bridgehead atoms. The Hall–Kier alpha value is -2.50. The summed E-state index contributed by atoms with van der Waals surface area (Å²) in [6.07, 6.45) is 5.60. The third-order valence-corrected chi connectivity index (χ3v) is 3.68. The van der Waals surface area contributed by atoms with Gasteiger partial charge >= 0.3 is 0 Å². The number of nitro benzene ring substituents is 1. The molecule has 0 spiro atoms. The Balaban J connectivity index is 1.98. The minimum Gasteiger partial charge on any atom is -0.258 e. The zero-order chi connectivity index (χ0) is 13.6. The van der Waals surface area contributed by atoms with E-state index in [0.29, 0.717) is 6.42 Å². The van der Waals surface area contributed by atoms with Crippen molar-refractivity contribution in [2.75, 3.05) is 0 Å². The van der Waals surface area contributed by atoms with Gasteiger partial charge < -0.3 is 0 Å². The first-order valence-electron chi connectivity index (χ1n) is 5.88. The molecule has 2 atom stereocenters. The molecule has 6 heteroatoms. The molecule has 0 N–H and O–H groups in total. The summed E-state index contributed by atoms with van der Waals surface area (Å²) < 4.78 is 0. The average Bonchev–Trinajstić information content (AvgIpc) is 2.74. The summed E-state index contributed by atoms with van der Waals surface area (Å²) in [5.41, 5.74) is 2.11. The molecule has 0 fully saturated rings. The minimum absolute atomic E-state index is 0.0300. The van der Waals surface area contributed by atoms with Crippen molar-refractivity contribution in [3.05, 3.63) is 73.5 Å². The lowest BCUT2D eigenvalue weighted by atomic mass is 9.88. The minimum atomic E-state index is -0.420. The van der Waals surface area contributed by atoms with Gasteiger partial charge in [0.2, 0.25) is 0 Å². The van der Waals surface area contributed by atoms with Crippen molar-refractivity contribution >= 4 is 5.69 Å². The number of hydrogen-bond acceptors (Lipinski definition) is 4. The summed E-state index contributed by atoms with van der Waals surface area (Å²) in [4.78, 5) is 20.7. The second kappa shape index (κ2) is 4.01. The number of non-ortho nitro benzene ring substituents is 1. The van der Waals surface area contributed by atoms with E-state index in [1.165, 1.54) is 12.1 Å². The predicted molar refractivity (Wildman–Crippen MR) is 67.2 cm³/mol. The number of allylic oxidation sites excluding steroid dienone is 3. The van der Waals surface area contributed by atoms with E-state index in [1.54, 1.807) is 18.2 Å². The van der Waals surface area contributed by atoms with Crippen molar-refractivity contribution in [1.29, 1.82) is 0 Å². The van der Waals surface area contributed by atoms with Crippen LogP contribution < -0.4 is 0 Å². The standard InChI is InChI=1S/C13H10N2O4/c16-14(17)10-1-3-12-8(6-10)5-9-7-11(15(18)19)2-4-13(9)12/h1-4,6-8,12H,5H2/t8-,12-/m0/s1.